The summed E-state index contributed by atoms with van der Waals surface area (Å²) in [5.74, 6) is 0.385. The fourth-order valence-electron chi connectivity index (χ4n) is 2.50. The largest absolute Gasteiger partial charge is 0.497 e. The summed E-state index contributed by atoms with van der Waals surface area (Å²) in [7, 11) is 1.59. The topological polar surface area (TPSA) is 73.2 Å². The van der Waals surface area contributed by atoms with E-state index in [9.17, 15) is 9.59 Å². The van der Waals surface area contributed by atoms with Gasteiger partial charge in [-0.15, -0.1) is 0 Å². The van der Waals surface area contributed by atoms with Gasteiger partial charge in [-0.2, -0.15) is 5.10 Å². The monoisotopic (exact) mass is 285 g/mol. The molecule has 0 atom stereocenters. The van der Waals surface area contributed by atoms with Crippen molar-refractivity contribution in [2.45, 2.75) is 13.3 Å². The van der Waals surface area contributed by atoms with Crippen LogP contribution in [-0.4, -0.2) is 35.1 Å². The summed E-state index contributed by atoms with van der Waals surface area (Å²) in [5, 5.41) is 7.12. The summed E-state index contributed by atoms with van der Waals surface area (Å²) in [4.78, 5) is 23.9. The molecule has 1 aromatic carbocycles. The Morgan fingerprint density at radius 1 is 1.33 bits per heavy atom. The first-order valence-electron chi connectivity index (χ1n) is 6.67. The van der Waals surface area contributed by atoms with Crippen LogP contribution in [0.15, 0.2) is 24.3 Å². The van der Waals surface area contributed by atoms with E-state index in [2.05, 4.69) is 10.4 Å². The summed E-state index contributed by atoms with van der Waals surface area (Å²) >= 11 is 0. The van der Waals surface area contributed by atoms with Gasteiger partial charge in [0.25, 0.3) is 5.91 Å². The van der Waals surface area contributed by atoms with E-state index >= 15 is 0 Å². The molecule has 1 amide bonds. The second-order valence-electron chi connectivity index (χ2n) is 4.85. The fraction of sp³-hybridized carbons (Fsp3) is 0.267. The van der Waals surface area contributed by atoms with Crippen molar-refractivity contribution in [2.75, 3.05) is 13.7 Å². The summed E-state index contributed by atoms with van der Waals surface area (Å²) in [6.07, 6.45) is 0.617. The molecule has 0 unspecified atom stereocenters. The summed E-state index contributed by atoms with van der Waals surface area (Å²) in [6.45, 7) is 1.99. The molecule has 3 rings (SSSR count). The van der Waals surface area contributed by atoms with Crippen molar-refractivity contribution in [1.29, 1.82) is 0 Å². The Labute approximate surface area is 121 Å². The van der Waals surface area contributed by atoms with Gasteiger partial charge in [-0.05, 0) is 30.7 Å². The molecule has 6 nitrogen and oxygen atoms in total. The molecular formula is C15H15N3O3. The van der Waals surface area contributed by atoms with Crippen LogP contribution in [0.25, 0.3) is 5.69 Å². The Morgan fingerprint density at radius 3 is 2.67 bits per heavy atom. The number of benzene rings is 1. The number of nitrogens with zero attached hydrogens (tertiary/aromatic N) is 2. The summed E-state index contributed by atoms with van der Waals surface area (Å²) in [6, 6.07) is 7.19. The van der Waals surface area contributed by atoms with Crippen molar-refractivity contribution in [2.24, 2.45) is 0 Å². The van der Waals surface area contributed by atoms with Gasteiger partial charge >= 0.3 is 0 Å². The minimum atomic E-state index is -0.202. The highest BCUT2D eigenvalue weighted by atomic mass is 16.5. The molecule has 6 heteroatoms. The van der Waals surface area contributed by atoms with Gasteiger partial charge in [0, 0.05) is 19.0 Å². The maximum Gasteiger partial charge on any atom is 0.270 e. The van der Waals surface area contributed by atoms with Gasteiger partial charge in [-0.25, -0.2) is 4.68 Å². The van der Waals surface area contributed by atoms with E-state index < -0.39 is 0 Å². The van der Waals surface area contributed by atoms with Gasteiger partial charge in [0.2, 0.25) is 0 Å². The summed E-state index contributed by atoms with van der Waals surface area (Å²) < 4.78 is 6.65. The number of ketones is 1. The second-order valence-corrected chi connectivity index (χ2v) is 4.85. The number of carbonyl (C=O) groups excluding carboxylic acids is 2. The van der Waals surface area contributed by atoms with Crippen LogP contribution in [0.4, 0.5) is 0 Å². The molecule has 1 aliphatic rings. The second kappa shape index (κ2) is 5.05. The molecule has 1 aromatic heterocycles. The van der Waals surface area contributed by atoms with Gasteiger partial charge in [0.1, 0.15) is 17.1 Å². The van der Waals surface area contributed by atoms with E-state index in [1.54, 1.807) is 31.4 Å². The quantitative estimate of drug-likeness (QED) is 0.864. The molecule has 0 aliphatic carbocycles. The number of nitrogens with one attached hydrogen (secondary N) is 1. The lowest BCUT2D eigenvalue weighted by molar-refractivity contribution is 0.0938. The molecule has 108 valence electrons. The Balaban J connectivity index is 2.17. The average molecular weight is 285 g/mol. The van der Waals surface area contributed by atoms with Crippen LogP contribution in [0.1, 0.15) is 33.5 Å². The number of aromatic nitrogens is 2. The Morgan fingerprint density at radius 2 is 2.05 bits per heavy atom. The smallest absolute Gasteiger partial charge is 0.270 e. The number of hydrogen-bond acceptors (Lipinski definition) is 4. The number of Topliss-reactive ketones (excluding diaryl/α,β-unsaturated/α-hetero) is 1. The first-order valence-corrected chi connectivity index (χ1v) is 6.67. The molecule has 0 saturated heterocycles. The number of rotatable bonds is 3. The Kier molecular flexibility index (Phi) is 3.21. The lowest BCUT2D eigenvalue weighted by atomic mass is 10.0. The lowest BCUT2D eigenvalue weighted by Gasteiger charge is -2.14. The predicted molar refractivity (Wildman–Crippen MR) is 76.2 cm³/mol. The third-order valence-corrected chi connectivity index (χ3v) is 3.51. The van der Waals surface area contributed by atoms with Crippen LogP contribution >= 0.6 is 0 Å². The van der Waals surface area contributed by atoms with Crippen molar-refractivity contribution < 1.29 is 14.3 Å². The van der Waals surface area contributed by atoms with E-state index in [-0.39, 0.29) is 11.7 Å². The molecule has 2 heterocycles. The van der Waals surface area contributed by atoms with Gasteiger partial charge in [0.15, 0.2) is 5.78 Å². The van der Waals surface area contributed by atoms with Crippen molar-refractivity contribution in [1.82, 2.24) is 15.1 Å². The molecule has 0 spiro atoms. The minimum Gasteiger partial charge on any atom is -0.497 e. The highest BCUT2D eigenvalue weighted by Crippen LogP contribution is 2.23. The highest BCUT2D eigenvalue weighted by molar-refractivity contribution is 6.01. The maximum atomic E-state index is 12.1. The Bertz CT molecular complexity index is 717. The minimum absolute atomic E-state index is 0.131. The zero-order chi connectivity index (χ0) is 15.0. The maximum absolute atomic E-state index is 12.1. The average Bonchev–Trinajstić information content (AvgIpc) is 2.88. The van der Waals surface area contributed by atoms with Crippen LogP contribution in [0.5, 0.6) is 5.75 Å². The lowest BCUT2D eigenvalue weighted by Crippen LogP contribution is -2.33. The van der Waals surface area contributed by atoms with E-state index in [0.717, 1.165) is 17.0 Å². The van der Waals surface area contributed by atoms with Crippen molar-refractivity contribution in [3.8, 4) is 11.4 Å². The van der Waals surface area contributed by atoms with Crippen molar-refractivity contribution in [3.63, 3.8) is 0 Å². The van der Waals surface area contributed by atoms with Gasteiger partial charge in [-0.3, -0.25) is 9.59 Å². The molecule has 0 bridgehead atoms. The van der Waals surface area contributed by atoms with Crippen LogP contribution in [0.3, 0.4) is 0 Å². The first-order chi connectivity index (χ1) is 10.1. The number of carbonyl (C=O) groups is 2. The van der Waals surface area contributed by atoms with Crippen molar-refractivity contribution >= 4 is 11.7 Å². The molecule has 0 fully saturated rings. The van der Waals surface area contributed by atoms with Gasteiger partial charge < -0.3 is 10.1 Å². The first kappa shape index (κ1) is 13.4. The number of methoxy groups -OCH3 is 1. The molecule has 1 aliphatic heterocycles. The van der Waals surface area contributed by atoms with E-state index in [1.165, 1.54) is 11.6 Å². The molecule has 0 saturated carbocycles. The molecular weight excluding hydrogens is 270 g/mol. The van der Waals surface area contributed by atoms with E-state index in [4.69, 9.17) is 4.74 Å². The molecule has 2 aromatic rings. The summed E-state index contributed by atoms with van der Waals surface area (Å²) in [5.41, 5.74) is 2.26. The van der Waals surface area contributed by atoms with Crippen LogP contribution in [-0.2, 0) is 6.42 Å². The SMILES string of the molecule is COc1ccc(-n2nc(C(C)=O)c3c2C(=O)NCC3)cc1. The standard InChI is InChI=1S/C15H15N3O3/c1-9(19)13-12-7-8-16-15(20)14(12)18(17-13)10-3-5-11(21-2)6-4-10/h3-6H,7-8H2,1-2H3,(H,16,20). The molecule has 0 radical (unpaired) electrons. The number of ether oxygens (including phenoxy) is 1. The van der Waals surface area contributed by atoms with E-state index in [1.807, 2.05) is 0 Å². The van der Waals surface area contributed by atoms with Crippen LogP contribution in [0.2, 0.25) is 0 Å². The zero-order valence-electron chi connectivity index (χ0n) is 11.8. The fourth-order valence-corrected chi connectivity index (χ4v) is 2.50. The van der Waals surface area contributed by atoms with E-state index in [0.29, 0.717) is 24.4 Å². The number of amides is 1. The van der Waals surface area contributed by atoms with Gasteiger partial charge in [0.05, 0.1) is 12.8 Å². The normalized spacial score (nSPS) is 13.5. The molecule has 1 N–H and O–H groups in total. The zero-order valence-corrected chi connectivity index (χ0v) is 11.8. The third-order valence-electron chi connectivity index (χ3n) is 3.51. The molecule has 21 heavy (non-hydrogen) atoms. The predicted octanol–water partition coefficient (Wildman–Crippen LogP) is 1.37. The van der Waals surface area contributed by atoms with Gasteiger partial charge in [-0.1, -0.05) is 0 Å². The van der Waals surface area contributed by atoms with Crippen LogP contribution in [0, 0.1) is 0 Å². The third kappa shape index (κ3) is 2.18. The highest BCUT2D eigenvalue weighted by Gasteiger charge is 2.28. The van der Waals surface area contributed by atoms with Crippen molar-refractivity contribution in [3.05, 3.63) is 41.2 Å². The number of fused-ring (bicyclic) bond motifs is 1. The van der Waals surface area contributed by atoms with Crippen LogP contribution < -0.4 is 10.1 Å². The number of hydrogen-bond donors (Lipinski definition) is 1. The Hall–Kier alpha value is -2.63.